The van der Waals surface area contributed by atoms with Gasteiger partial charge in [0, 0.05) is 0 Å². The summed E-state index contributed by atoms with van der Waals surface area (Å²) in [4.78, 5) is 11.0. The molecule has 0 unspecified atom stereocenters. The van der Waals surface area contributed by atoms with E-state index < -0.39 is 0 Å². The third-order valence-electron chi connectivity index (χ3n) is 1.35. The molecule has 0 fully saturated rings. The molecule has 0 amide bonds. The zero-order valence-electron chi connectivity index (χ0n) is 5.82. The van der Waals surface area contributed by atoms with Crippen molar-refractivity contribution >= 4 is 18.4 Å². The second kappa shape index (κ2) is 3.44. The number of Topliss-reactive ketones (excluding diaryl/α,β-unsaturated/α-hetero) is 1. The summed E-state index contributed by atoms with van der Waals surface area (Å²) in [5.74, 6) is -0.0182. The van der Waals surface area contributed by atoms with Crippen molar-refractivity contribution in [3.8, 4) is 5.75 Å². The number of ketones is 1. The van der Waals surface area contributed by atoms with E-state index in [1.54, 1.807) is 18.2 Å². The molecule has 0 saturated heterocycles. The number of hydrogen-bond donors (Lipinski definition) is 2. The summed E-state index contributed by atoms with van der Waals surface area (Å²) in [5, 5.41) is 9.16. The number of phenols is 1. The predicted octanol–water partition coefficient (Wildman–Crippen LogP) is 1.50. The number of para-hydroxylation sites is 1. The van der Waals surface area contributed by atoms with E-state index in [1.807, 2.05) is 0 Å². The minimum Gasteiger partial charge on any atom is -0.507 e. The first-order valence-electron chi connectivity index (χ1n) is 3.17. The maximum Gasteiger partial charge on any atom is 0.176 e. The largest absolute Gasteiger partial charge is 0.507 e. The first-order valence-corrected chi connectivity index (χ1v) is 3.81. The van der Waals surface area contributed by atoms with Gasteiger partial charge in [-0.05, 0) is 12.1 Å². The van der Waals surface area contributed by atoms with Crippen LogP contribution in [0.15, 0.2) is 24.3 Å². The quantitative estimate of drug-likeness (QED) is 0.518. The number of carbonyl (C=O) groups is 1. The molecule has 0 heterocycles. The van der Waals surface area contributed by atoms with Gasteiger partial charge in [-0.25, -0.2) is 0 Å². The van der Waals surface area contributed by atoms with Gasteiger partial charge in [-0.2, -0.15) is 12.6 Å². The average molecular weight is 168 g/mol. The van der Waals surface area contributed by atoms with Gasteiger partial charge in [0.15, 0.2) is 5.78 Å². The molecule has 0 spiro atoms. The summed E-state index contributed by atoms with van der Waals surface area (Å²) < 4.78 is 0. The van der Waals surface area contributed by atoms with Gasteiger partial charge in [0.05, 0.1) is 11.3 Å². The molecule has 0 aliphatic heterocycles. The monoisotopic (exact) mass is 168 g/mol. The van der Waals surface area contributed by atoms with Crippen LogP contribution in [0.1, 0.15) is 10.4 Å². The highest BCUT2D eigenvalue weighted by Crippen LogP contribution is 2.16. The fourth-order valence-corrected chi connectivity index (χ4v) is 0.965. The highest BCUT2D eigenvalue weighted by atomic mass is 32.1. The van der Waals surface area contributed by atoms with Gasteiger partial charge in [-0.3, -0.25) is 4.79 Å². The van der Waals surface area contributed by atoms with Crippen molar-refractivity contribution < 1.29 is 9.90 Å². The maximum atomic E-state index is 11.0. The molecule has 1 aromatic carbocycles. The van der Waals surface area contributed by atoms with Gasteiger partial charge in [-0.15, -0.1) is 0 Å². The van der Waals surface area contributed by atoms with E-state index in [9.17, 15) is 4.79 Å². The van der Waals surface area contributed by atoms with Gasteiger partial charge in [0.1, 0.15) is 5.75 Å². The molecular formula is C8H8O2S. The maximum absolute atomic E-state index is 11.0. The van der Waals surface area contributed by atoms with Crippen molar-refractivity contribution in [3.63, 3.8) is 0 Å². The highest BCUT2D eigenvalue weighted by Gasteiger charge is 2.06. The van der Waals surface area contributed by atoms with Crippen molar-refractivity contribution in [2.75, 3.05) is 5.75 Å². The van der Waals surface area contributed by atoms with Gasteiger partial charge in [0.25, 0.3) is 0 Å². The minimum atomic E-state index is -0.161. The van der Waals surface area contributed by atoms with Gasteiger partial charge >= 0.3 is 0 Å². The molecule has 1 aromatic rings. The van der Waals surface area contributed by atoms with Crippen LogP contribution in [-0.4, -0.2) is 16.6 Å². The normalized spacial score (nSPS) is 9.55. The Morgan fingerprint density at radius 2 is 2.09 bits per heavy atom. The van der Waals surface area contributed by atoms with E-state index in [4.69, 9.17) is 5.11 Å². The second-order valence-corrected chi connectivity index (χ2v) is 2.41. The van der Waals surface area contributed by atoms with E-state index in [0.717, 1.165) is 0 Å². The van der Waals surface area contributed by atoms with Crippen molar-refractivity contribution in [1.82, 2.24) is 0 Å². The molecule has 11 heavy (non-hydrogen) atoms. The lowest BCUT2D eigenvalue weighted by molar-refractivity contribution is 0.102. The Labute approximate surface area is 70.3 Å². The fraction of sp³-hybridized carbons (Fsp3) is 0.125. The minimum absolute atomic E-state index is 0.0200. The van der Waals surface area contributed by atoms with Crippen LogP contribution in [0.4, 0.5) is 0 Å². The summed E-state index contributed by atoms with van der Waals surface area (Å²) >= 11 is 3.81. The summed E-state index contributed by atoms with van der Waals surface area (Å²) in [6.07, 6.45) is 0. The molecule has 0 bridgehead atoms. The van der Waals surface area contributed by atoms with Crippen LogP contribution >= 0.6 is 12.6 Å². The van der Waals surface area contributed by atoms with Crippen LogP contribution < -0.4 is 0 Å². The topological polar surface area (TPSA) is 37.3 Å². The molecule has 0 saturated carbocycles. The third-order valence-corrected chi connectivity index (χ3v) is 1.64. The number of carbonyl (C=O) groups excluding carboxylic acids is 1. The summed E-state index contributed by atoms with van der Waals surface area (Å²) in [5.41, 5.74) is 0.336. The predicted molar refractivity (Wildman–Crippen MR) is 46.3 cm³/mol. The van der Waals surface area contributed by atoms with E-state index >= 15 is 0 Å². The molecule has 1 rings (SSSR count). The highest BCUT2D eigenvalue weighted by molar-refractivity contribution is 7.81. The number of benzene rings is 1. The summed E-state index contributed by atoms with van der Waals surface area (Å²) in [6.45, 7) is 0. The number of hydrogen-bond acceptors (Lipinski definition) is 3. The lowest BCUT2D eigenvalue weighted by atomic mass is 10.1. The first kappa shape index (κ1) is 8.14. The lowest BCUT2D eigenvalue weighted by Gasteiger charge is -1.98. The fourth-order valence-electron chi connectivity index (χ4n) is 0.795. The van der Waals surface area contributed by atoms with Crippen LogP contribution in [0.2, 0.25) is 0 Å². The average Bonchev–Trinajstić information content (AvgIpc) is 2.04. The number of phenolic OH excluding ortho intramolecular Hbond substituents is 1. The van der Waals surface area contributed by atoms with Gasteiger partial charge < -0.3 is 5.11 Å². The third kappa shape index (κ3) is 1.74. The van der Waals surface area contributed by atoms with Crippen molar-refractivity contribution in [2.45, 2.75) is 0 Å². The lowest BCUT2D eigenvalue weighted by Crippen LogP contribution is -1.99. The van der Waals surface area contributed by atoms with Crippen LogP contribution in [0.5, 0.6) is 5.75 Å². The van der Waals surface area contributed by atoms with E-state index in [0.29, 0.717) is 5.56 Å². The molecule has 0 atom stereocenters. The van der Waals surface area contributed by atoms with Crippen molar-refractivity contribution in [3.05, 3.63) is 29.8 Å². The second-order valence-electron chi connectivity index (χ2n) is 2.10. The van der Waals surface area contributed by atoms with Crippen molar-refractivity contribution in [2.24, 2.45) is 0 Å². The molecule has 0 aromatic heterocycles. The Bertz CT molecular complexity index is 271. The Morgan fingerprint density at radius 1 is 1.45 bits per heavy atom. The Morgan fingerprint density at radius 3 is 2.64 bits per heavy atom. The molecule has 3 heteroatoms. The molecule has 0 aliphatic rings. The zero-order valence-corrected chi connectivity index (χ0v) is 6.71. The Kier molecular flexibility index (Phi) is 2.54. The van der Waals surface area contributed by atoms with E-state index in [-0.39, 0.29) is 17.3 Å². The van der Waals surface area contributed by atoms with Crippen LogP contribution in [0.25, 0.3) is 0 Å². The number of rotatable bonds is 2. The van der Waals surface area contributed by atoms with Crippen LogP contribution in [0.3, 0.4) is 0 Å². The summed E-state index contributed by atoms with van der Waals surface area (Å²) in [6, 6.07) is 6.44. The van der Waals surface area contributed by atoms with Gasteiger partial charge in [-0.1, -0.05) is 12.1 Å². The number of aromatic hydroxyl groups is 1. The first-order chi connectivity index (χ1) is 5.25. The van der Waals surface area contributed by atoms with Gasteiger partial charge in [0.2, 0.25) is 0 Å². The summed E-state index contributed by atoms with van der Waals surface area (Å²) in [7, 11) is 0. The molecular weight excluding hydrogens is 160 g/mol. The molecule has 58 valence electrons. The van der Waals surface area contributed by atoms with Crippen LogP contribution in [-0.2, 0) is 0 Å². The van der Waals surface area contributed by atoms with Crippen molar-refractivity contribution in [1.29, 1.82) is 0 Å². The molecule has 1 N–H and O–H groups in total. The van der Waals surface area contributed by atoms with E-state index in [2.05, 4.69) is 12.6 Å². The number of thiol groups is 1. The SMILES string of the molecule is O=C(CS)c1ccccc1O. The Hall–Kier alpha value is -0.960. The standard InChI is InChI=1S/C8H8O2S/c9-7-4-2-1-3-6(7)8(10)5-11/h1-4,9,11H,5H2. The zero-order chi connectivity index (χ0) is 8.27. The molecule has 2 nitrogen and oxygen atoms in total. The smallest absolute Gasteiger partial charge is 0.176 e. The molecule has 0 radical (unpaired) electrons. The van der Waals surface area contributed by atoms with E-state index in [1.165, 1.54) is 6.07 Å². The van der Waals surface area contributed by atoms with Crippen LogP contribution in [0, 0.1) is 0 Å². The molecule has 0 aliphatic carbocycles. The Balaban J connectivity index is 3.03.